The number of carbonyl (C=O) groups excluding carboxylic acids is 2. The van der Waals surface area contributed by atoms with Gasteiger partial charge in [0.15, 0.2) is 6.61 Å². The number of ether oxygens (including phenoxy) is 1. The molecule has 4 heteroatoms. The van der Waals surface area contributed by atoms with Gasteiger partial charge in [0.05, 0.1) is 5.92 Å². The van der Waals surface area contributed by atoms with Gasteiger partial charge in [-0.05, 0) is 37.5 Å². The SMILES string of the molecule is CCC(C(=O)OCC(=O)c1cc(C)n(Cc2ccccc2)c1C)c1ccccc1. The van der Waals surface area contributed by atoms with Crippen molar-refractivity contribution in [2.24, 2.45) is 0 Å². The molecule has 0 N–H and O–H groups in total. The lowest BCUT2D eigenvalue weighted by atomic mass is 9.97. The zero-order chi connectivity index (χ0) is 20.8. The highest BCUT2D eigenvalue weighted by Gasteiger charge is 2.22. The summed E-state index contributed by atoms with van der Waals surface area (Å²) in [5.74, 6) is -0.881. The predicted octanol–water partition coefficient (Wildman–Crippen LogP) is 5.07. The number of rotatable bonds is 8. The maximum atomic E-state index is 12.7. The summed E-state index contributed by atoms with van der Waals surface area (Å²) >= 11 is 0. The minimum Gasteiger partial charge on any atom is -0.457 e. The first kappa shape index (κ1) is 20.6. The smallest absolute Gasteiger partial charge is 0.313 e. The van der Waals surface area contributed by atoms with Crippen LogP contribution in [0.3, 0.4) is 0 Å². The highest BCUT2D eigenvalue weighted by Crippen LogP contribution is 2.22. The first-order chi connectivity index (χ1) is 14.0. The molecule has 1 aromatic heterocycles. The highest BCUT2D eigenvalue weighted by atomic mass is 16.5. The standard InChI is InChI=1S/C25H27NO3/c1-4-22(21-13-9-6-10-14-21)25(28)29-17-24(27)23-15-18(2)26(19(23)3)16-20-11-7-5-8-12-20/h5-15,22H,4,16-17H2,1-3H3. The third-order valence-electron chi connectivity index (χ3n) is 5.30. The van der Waals surface area contributed by atoms with Crippen LogP contribution in [-0.2, 0) is 16.1 Å². The molecule has 0 saturated heterocycles. The van der Waals surface area contributed by atoms with Crippen molar-refractivity contribution < 1.29 is 14.3 Å². The topological polar surface area (TPSA) is 48.3 Å². The number of nitrogens with zero attached hydrogens (tertiary/aromatic N) is 1. The lowest BCUT2D eigenvalue weighted by Gasteiger charge is -2.14. The molecular weight excluding hydrogens is 362 g/mol. The summed E-state index contributed by atoms with van der Waals surface area (Å²) in [6, 6.07) is 21.5. The van der Waals surface area contributed by atoms with E-state index in [-0.39, 0.29) is 24.3 Å². The molecule has 1 atom stereocenters. The molecule has 0 aliphatic carbocycles. The molecule has 0 bridgehead atoms. The lowest BCUT2D eigenvalue weighted by molar-refractivity contribution is -0.144. The number of Topliss-reactive ketones (excluding diaryl/α,β-unsaturated/α-hetero) is 1. The molecule has 0 radical (unpaired) electrons. The van der Waals surface area contributed by atoms with Crippen LogP contribution in [0.2, 0.25) is 0 Å². The molecule has 150 valence electrons. The molecule has 0 amide bonds. The summed E-state index contributed by atoms with van der Waals surface area (Å²) in [4.78, 5) is 25.3. The average molecular weight is 389 g/mol. The van der Waals surface area contributed by atoms with Crippen molar-refractivity contribution in [3.8, 4) is 0 Å². The van der Waals surface area contributed by atoms with Crippen molar-refractivity contribution in [2.75, 3.05) is 6.61 Å². The molecule has 1 unspecified atom stereocenters. The number of aromatic nitrogens is 1. The van der Waals surface area contributed by atoms with Crippen LogP contribution >= 0.6 is 0 Å². The Kier molecular flexibility index (Phi) is 6.65. The van der Waals surface area contributed by atoms with E-state index in [1.54, 1.807) is 0 Å². The first-order valence-corrected chi connectivity index (χ1v) is 9.96. The summed E-state index contributed by atoms with van der Waals surface area (Å²) in [5.41, 5.74) is 4.60. The van der Waals surface area contributed by atoms with Gasteiger partial charge in [0, 0.05) is 23.5 Å². The minimum absolute atomic E-state index is 0.173. The van der Waals surface area contributed by atoms with Crippen LogP contribution in [0.4, 0.5) is 0 Å². The van der Waals surface area contributed by atoms with Gasteiger partial charge in [-0.25, -0.2) is 0 Å². The Hall–Kier alpha value is -3.14. The molecule has 3 rings (SSSR count). The Morgan fingerprint density at radius 3 is 2.21 bits per heavy atom. The molecule has 0 fully saturated rings. The van der Waals surface area contributed by atoms with Gasteiger partial charge < -0.3 is 9.30 Å². The third kappa shape index (κ3) is 4.83. The largest absolute Gasteiger partial charge is 0.457 e. The van der Waals surface area contributed by atoms with Gasteiger partial charge in [-0.15, -0.1) is 0 Å². The van der Waals surface area contributed by atoms with Crippen molar-refractivity contribution >= 4 is 11.8 Å². The molecule has 0 saturated carbocycles. The average Bonchev–Trinajstić information content (AvgIpc) is 3.02. The van der Waals surface area contributed by atoms with Crippen molar-refractivity contribution in [1.82, 2.24) is 4.57 Å². The van der Waals surface area contributed by atoms with Gasteiger partial charge in [0.1, 0.15) is 0 Å². The molecule has 0 spiro atoms. The number of carbonyl (C=O) groups is 2. The van der Waals surface area contributed by atoms with Gasteiger partial charge in [0.2, 0.25) is 5.78 Å². The highest BCUT2D eigenvalue weighted by molar-refractivity contribution is 5.99. The zero-order valence-corrected chi connectivity index (χ0v) is 17.2. The summed E-state index contributed by atoms with van der Waals surface area (Å²) in [6.07, 6.45) is 0.628. The summed E-state index contributed by atoms with van der Waals surface area (Å²) in [6.45, 7) is 6.33. The van der Waals surface area contributed by atoms with Crippen molar-refractivity contribution in [3.63, 3.8) is 0 Å². The van der Waals surface area contributed by atoms with Crippen LogP contribution in [-0.4, -0.2) is 22.9 Å². The Morgan fingerprint density at radius 2 is 1.59 bits per heavy atom. The van der Waals surface area contributed by atoms with E-state index < -0.39 is 0 Å². The molecule has 29 heavy (non-hydrogen) atoms. The number of hydrogen-bond acceptors (Lipinski definition) is 3. The summed E-state index contributed by atoms with van der Waals surface area (Å²) < 4.78 is 7.50. The van der Waals surface area contributed by atoms with Crippen LogP contribution in [0.5, 0.6) is 0 Å². The quantitative estimate of drug-likeness (QED) is 0.399. The first-order valence-electron chi connectivity index (χ1n) is 9.96. The lowest BCUT2D eigenvalue weighted by Crippen LogP contribution is -2.20. The number of benzene rings is 2. The maximum absolute atomic E-state index is 12.7. The van der Waals surface area contributed by atoms with E-state index in [0.717, 1.165) is 17.0 Å². The summed E-state index contributed by atoms with van der Waals surface area (Å²) in [5, 5.41) is 0. The van der Waals surface area contributed by atoms with E-state index in [1.807, 2.05) is 75.4 Å². The van der Waals surface area contributed by atoms with Crippen LogP contribution in [0.1, 0.15) is 52.1 Å². The predicted molar refractivity (Wildman–Crippen MR) is 114 cm³/mol. The molecule has 1 heterocycles. The van der Waals surface area contributed by atoms with Gasteiger partial charge in [-0.3, -0.25) is 9.59 Å². The number of aryl methyl sites for hydroxylation is 1. The van der Waals surface area contributed by atoms with Crippen molar-refractivity contribution in [1.29, 1.82) is 0 Å². The zero-order valence-electron chi connectivity index (χ0n) is 17.2. The molecule has 3 aromatic rings. The molecular formula is C25H27NO3. The number of hydrogen-bond donors (Lipinski definition) is 0. The van der Waals surface area contributed by atoms with E-state index in [2.05, 4.69) is 16.7 Å². The molecule has 2 aromatic carbocycles. The molecule has 0 aliphatic rings. The normalized spacial score (nSPS) is 11.8. The van der Waals surface area contributed by atoms with Crippen LogP contribution in [0.25, 0.3) is 0 Å². The van der Waals surface area contributed by atoms with E-state index in [9.17, 15) is 9.59 Å². The third-order valence-corrected chi connectivity index (χ3v) is 5.30. The van der Waals surface area contributed by atoms with E-state index in [0.29, 0.717) is 18.5 Å². The number of ketones is 1. The second kappa shape index (κ2) is 9.37. The Bertz CT molecular complexity index is 974. The van der Waals surface area contributed by atoms with Gasteiger partial charge in [-0.2, -0.15) is 0 Å². The second-order valence-corrected chi connectivity index (χ2v) is 7.26. The van der Waals surface area contributed by atoms with Crippen LogP contribution < -0.4 is 0 Å². The fraction of sp³-hybridized carbons (Fsp3) is 0.280. The monoisotopic (exact) mass is 389 g/mol. The van der Waals surface area contributed by atoms with Crippen molar-refractivity contribution in [2.45, 2.75) is 39.7 Å². The van der Waals surface area contributed by atoms with E-state index in [1.165, 1.54) is 5.56 Å². The Balaban J connectivity index is 1.68. The van der Waals surface area contributed by atoms with Gasteiger partial charge in [-0.1, -0.05) is 67.6 Å². The van der Waals surface area contributed by atoms with Crippen molar-refractivity contribution in [3.05, 3.63) is 94.8 Å². The molecule has 0 aliphatic heterocycles. The van der Waals surface area contributed by atoms with E-state index in [4.69, 9.17) is 4.74 Å². The van der Waals surface area contributed by atoms with Crippen LogP contribution in [0, 0.1) is 13.8 Å². The van der Waals surface area contributed by atoms with Gasteiger partial charge in [0.25, 0.3) is 0 Å². The fourth-order valence-corrected chi connectivity index (χ4v) is 3.63. The molecule has 4 nitrogen and oxygen atoms in total. The number of esters is 1. The van der Waals surface area contributed by atoms with Gasteiger partial charge >= 0.3 is 5.97 Å². The second-order valence-electron chi connectivity index (χ2n) is 7.26. The van der Waals surface area contributed by atoms with E-state index >= 15 is 0 Å². The fourth-order valence-electron chi connectivity index (χ4n) is 3.63. The summed E-state index contributed by atoms with van der Waals surface area (Å²) in [7, 11) is 0. The minimum atomic E-state index is -0.356. The Morgan fingerprint density at radius 1 is 0.966 bits per heavy atom. The maximum Gasteiger partial charge on any atom is 0.313 e. The Labute approximate surface area is 172 Å². The van der Waals surface area contributed by atoms with Crippen LogP contribution in [0.15, 0.2) is 66.7 Å².